The summed E-state index contributed by atoms with van der Waals surface area (Å²) in [4.78, 5) is 39.5. The first-order valence-corrected chi connectivity index (χ1v) is 9.58. The van der Waals surface area contributed by atoms with Crippen LogP contribution in [-0.2, 0) is 24.2 Å². The number of hydrogen-bond donors (Lipinski definition) is 0. The number of rotatable bonds is 3. The van der Waals surface area contributed by atoms with E-state index in [-0.39, 0.29) is 53.6 Å². The van der Waals surface area contributed by atoms with E-state index in [2.05, 4.69) is 0 Å². The third-order valence-corrected chi connectivity index (χ3v) is 6.79. The van der Waals surface area contributed by atoms with E-state index in [1.807, 2.05) is 12.2 Å². The Bertz CT molecular complexity index is 658. The summed E-state index contributed by atoms with van der Waals surface area (Å²) in [6.45, 7) is -0.294. The van der Waals surface area contributed by atoms with Crippen molar-refractivity contribution in [3.63, 3.8) is 0 Å². The van der Waals surface area contributed by atoms with Gasteiger partial charge in [0.25, 0.3) is 0 Å². The highest BCUT2D eigenvalue weighted by Crippen LogP contribution is 2.35. The second-order valence-electron chi connectivity index (χ2n) is 6.48. The van der Waals surface area contributed by atoms with Gasteiger partial charge in [0.05, 0.1) is 23.3 Å². The lowest BCUT2D eigenvalue weighted by Gasteiger charge is -2.25. The molecule has 0 aromatic rings. The molecule has 2 fully saturated rings. The van der Waals surface area contributed by atoms with Crippen LogP contribution in [0.3, 0.4) is 0 Å². The minimum atomic E-state index is -3.09. The number of hydrogen-bond acceptors (Lipinski definition) is 5. The molecule has 7 nitrogen and oxygen atoms in total. The lowest BCUT2D eigenvalue weighted by molar-refractivity contribution is -0.146. The van der Waals surface area contributed by atoms with Crippen molar-refractivity contribution in [3.05, 3.63) is 12.2 Å². The number of allylic oxidation sites excluding steroid dienone is 2. The highest BCUT2D eigenvalue weighted by Gasteiger charge is 2.48. The van der Waals surface area contributed by atoms with E-state index in [4.69, 9.17) is 0 Å². The molecule has 126 valence electrons. The fourth-order valence-electron chi connectivity index (χ4n) is 3.56. The molecule has 0 spiro atoms. The molecule has 0 saturated carbocycles. The molecule has 23 heavy (non-hydrogen) atoms. The molecule has 3 rings (SSSR count). The molecule has 3 aliphatic rings. The maximum atomic E-state index is 12.4. The quantitative estimate of drug-likeness (QED) is 0.514. The zero-order valence-corrected chi connectivity index (χ0v) is 13.8. The van der Waals surface area contributed by atoms with Crippen molar-refractivity contribution in [1.29, 1.82) is 0 Å². The molecule has 2 aliphatic heterocycles. The van der Waals surface area contributed by atoms with Gasteiger partial charge in [0.15, 0.2) is 9.84 Å². The van der Waals surface area contributed by atoms with Gasteiger partial charge in [-0.1, -0.05) is 12.2 Å². The monoisotopic (exact) mass is 340 g/mol. The van der Waals surface area contributed by atoms with Gasteiger partial charge in [-0.2, -0.15) is 0 Å². The van der Waals surface area contributed by atoms with Gasteiger partial charge >= 0.3 is 0 Å². The smallest absolute Gasteiger partial charge is 0.242 e. The highest BCUT2D eigenvalue weighted by atomic mass is 32.2. The Morgan fingerprint density at radius 1 is 1.22 bits per heavy atom. The topological polar surface area (TPSA) is 91.8 Å². The summed E-state index contributed by atoms with van der Waals surface area (Å²) in [5, 5.41) is 0. The fourth-order valence-corrected chi connectivity index (χ4v) is 5.33. The summed E-state index contributed by atoms with van der Waals surface area (Å²) >= 11 is 0. The maximum absolute atomic E-state index is 12.4. The summed E-state index contributed by atoms with van der Waals surface area (Å²) in [6, 6.07) is -0.371. The van der Waals surface area contributed by atoms with Crippen LogP contribution in [0.2, 0.25) is 0 Å². The molecule has 0 aromatic carbocycles. The Morgan fingerprint density at radius 3 is 2.26 bits per heavy atom. The van der Waals surface area contributed by atoms with Gasteiger partial charge in [0.2, 0.25) is 17.7 Å². The Labute approximate surface area is 135 Å². The number of amides is 3. The maximum Gasteiger partial charge on any atom is 0.242 e. The van der Waals surface area contributed by atoms with Gasteiger partial charge in [-0.3, -0.25) is 19.3 Å². The average molecular weight is 340 g/mol. The van der Waals surface area contributed by atoms with Crippen LogP contribution >= 0.6 is 0 Å². The molecule has 0 N–H and O–H groups in total. The van der Waals surface area contributed by atoms with Crippen LogP contribution in [0.15, 0.2) is 12.2 Å². The molecule has 3 atom stereocenters. The van der Waals surface area contributed by atoms with E-state index in [1.165, 1.54) is 11.9 Å². The molecular weight excluding hydrogens is 320 g/mol. The second kappa shape index (κ2) is 5.74. The van der Waals surface area contributed by atoms with E-state index in [0.29, 0.717) is 19.3 Å². The number of sulfone groups is 1. The van der Waals surface area contributed by atoms with Crippen LogP contribution in [0, 0.1) is 11.8 Å². The van der Waals surface area contributed by atoms with E-state index >= 15 is 0 Å². The number of likely N-dealkylation sites (N-methyl/N-ethyl adjacent to an activating group) is 1. The van der Waals surface area contributed by atoms with Crippen LogP contribution in [-0.4, -0.2) is 67.1 Å². The number of carbonyl (C=O) groups excluding carboxylic acids is 3. The SMILES string of the molecule is CN(C(=O)CN1C(=O)C2CC=CCC2C1=O)C1CCS(=O)(=O)C1. The summed E-state index contributed by atoms with van der Waals surface area (Å²) in [5.74, 6) is -1.63. The molecule has 1 aliphatic carbocycles. The minimum Gasteiger partial charge on any atom is -0.340 e. The van der Waals surface area contributed by atoms with Crippen molar-refractivity contribution in [2.45, 2.75) is 25.3 Å². The van der Waals surface area contributed by atoms with Crippen LogP contribution < -0.4 is 0 Å². The van der Waals surface area contributed by atoms with Gasteiger partial charge in [-0.25, -0.2) is 8.42 Å². The predicted molar refractivity (Wildman–Crippen MR) is 81.9 cm³/mol. The summed E-state index contributed by atoms with van der Waals surface area (Å²) in [5.41, 5.74) is 0. The predicted octanol–water partition coefficient (Wildman–Crippen LogP) is -0.417. The lowest BCUT2D eigenvalue weighted by Crippen LogP contribution is -2.45. The third kappa shape index (κ3) is 2.91. The molecule has 0 radical (unpaired) electrons. The largest absolute Gasteiger partial charge is 0.340 e. The van der Waals surface area contributed by atoms with Crippen molar-refractivity contribution in [3.8, 4) is 0 Å². The van der Waals surface area contributed by atoms with Crippen molar-refractivity contribution in [2.75, 3.05) is 25.1 Å². The van der Waals surface area contributed by atoms with Crippen LogP contribution in [0.1, 0.15) is 19.3 Å². The number of carbonyl (C=O) groups is 3. The van der Waals surface area contributed by atoms with Crippen molar-refractivity contribution >= 4 is 27.6 Å². The third-order valence-electron chi connectivity index (χ3n) is 5.04. The zero-order chi connectivity index (χ0) is 16.8. The second-order valence-corrected chi connectivity index (χ2v) is 8.71. The molecule has 2 heterocycles. The van der Waals surface area contributed by atoms with Gasteiger partial charge in [0.1, 0.15) is 6.54 Å². The highest BCUT2D eigenvalue weighted by molar-refractivity contribution is 7.91. The van der Waals surface area contributed by atoms with Crippen LogP contribution in [0.4, 0.5) is 0 Å². The van der Waals surface area contributed by atoms with E-state index < -0.39 is 9.84 Å². The zero-order valence-electron chi connectivity index (χ0n) is 13.0. The molecule has 8 heteroatoms. The Hall–Kier alpha value is -1.70. The summed E-state index contributed by atoms with van der Waals surface area (Å²) < 4.78 is 23.0. The number of nitrogens with zero attached hydrogens (tertiary/aromatic N) is 2. The molecule has 0 aromatic heterocycles. The van der Waals surface area contributed by atoms with Gasteiger partial charge in [-0.15, -0.1) is 0 Å². The minimum absolute atomic E-state index is 0.0493. The van der Waals surface area contributed by atoms with Gasteiger partial charge in [-0.05, 0) is 19.3 Å². The first-order valence-electron chi connectivity index (χ1n) is 7.76. The lowest BCUT2D eigenvalue weighted by atomic mass is 9.85. The first-order chi connectivity index (χ1) is 10.8. The standard InChI is InChI=1S/C15H20N2O5S/c1-16(10-6-7-23(21,22)9-10)13(18)8-17-14(19)11-4-2-3-5-12(11)15(17)20/h2-3,10-12H,4-9H2,1H3. The summed E-state index contributed by atoms with van der Waals surface area (Å²) in [6.07, 6.45) is 5.27. The average Bonchev–Trinajstić information content (AvgIpc) is 3.00. The number of imide groups is 1. The van der Waals surface area contributed by atoms with Crippen LogP contribution in [0.5, 0.6) is 0 Å². The first kappa shape index (κ1) is 16.2. The molecular formula is C15H20N2O5S. The van der Waals surface area contributed by atoms with Crippen molar-refractivity contribution in [2.24, 2.45) is 11.8 Å². The molecule has 3 amide bonds. The van der Waals surface area contributed by atoms with E-state index in [0.717, 1.165) is 4.90 Å². The Morgan fingerprint density at radius 2 is 1.78 bits per heavy atom. The summed E-state index contributed by atoms with van der Waals surface area (Å²) in [7, 11) is -1.55. The molecule has 0 bridgehead atoms. The van der Waals surface area contributed by atoms with Crippen molar-refractivity contribution in [1.82, 2.24) is 9.80 Å². The van der Waals surface area contributed by atoms with Crippen molar-refractivity contribution < 1.29 is 22.8 Å². The normalized spacial score (nSPS) is 32.2. The fraction of sp³-hybridized carbons (Fsp3) is 0.667. The van der Waals surface area contributed by atoms with Crippen LogP contribution in [0.25, 0.3) is 0 Å². The Kier molecular flexibility index (Phi) is 4.03. The Balaban J connectivity index is 1.66. The molecule has 3 unspecified atom stereocenters. The number of fused-ring (bicyclic) bond motifs is 1. The molecule has 2 saturated heterocycles. The number of likely N-dealkylation sites (tertiary alicyclic amines) is 1. The van der Waals surface area contributed by atoms with Gasteiger partial charge in [0, 0.05) is 13.1 Å². The van der Waals surface area contributed by atoms with E-state index in [1.54, 1.807) is 0 Å². The van der Waals surface area contributed by atoms with Gasteiger partial charge < -0.3 is 4.90 Å². The van der Waals surface area contributed by atoms with E-state index in [9.17, 15) is 22.8 Å².